The summed E-state index contributed by atoms with van der Waals surface area (Å²) in [6, 6.07) is 0. The fourth-order valence-corrected chi connectivity index (χ4v) is 2.94. The van der Waals surface area contributed by atoms with Gasteiger partial charge in [0.1, 0.15) is 17.8 Å². The van der Waals surface area contributed by atoms with Gasteiger partial charge in [-0.25, -0.2) is 0 Å². The van der Waals surface area contributed by atoms with Crippen molar-refractivity contribution in [3.05, 3.63) is 0 Å². The lowest BCUT2D eigenvalue weighted by atomic mass is 10.1. The second-order valence-corrected chi connectivity index (χ2v) is 5.28. The maximum Gasteiger partial charge on any atom is 0.186 e. The van der Waals surface area contributed by atoms with Gasteiger partial charge in [-0.15, -0.1) is 0 Å². The second-order valence-electron chi connectivity index (χ2n) is 5.28. The minimum atomic E-state index is -0.592. The average Bonchev–Trinajstić information content (AvgIpc) is 2.75. The molecule has 2 aliphatic heterocycles. The predicted octanol–water partition coefficient (Wildman–Crippen LogP) is 0.260. The van der Waals surface area contributed by atoms with Gasteiger partial charge in [-0.3, -0.25) is 0 Å². The van der Waals surface area contributed by atoms with Crippen molar-refractivity contribution in [1.82, 2.24) is 0 Å². The standard InChI is InChI=1S/C11H18O5/c1-10(2)14-7-8(15-10)11(4-6(11)5-12)16-9(7)13-3/h6-9,12H,4-5H2,1-3H3/t6?,7?,8?,9-,11+/m1/s1. The number of aliphatic hydroxyl groups excluding tert-OH is 1. The maximum absolute atomic E-state index is 9.22. The first kappa shape index (κ1) is 10.9. The van der Waals surface area contributed by atoms with E-state index in [9.17, 15) is 5.11 Å². The van der Waals surface area contributed by atoms with Crippen molar-refractivity contribution in [3.8, 4) is 0 Å². The van der Waals surface area contributed by atoms with Crippen LogP contribution in [0.4, 0.5) is 0 Å². The van der Waals surface area contributed by atoms with Gasteiger partial charge in [-0.2, -0.15) is 0 Å². The van der Waals surface area contributed by atoms with Crippen molar-refractivity contribution in [2.75, 3.05) is 13.7 Å². The van der Waals surface area contributed by atoms with Gasteiger partial charge in [0.15, 0.2) is 12.1 Å². The van der Waals surface area contributed by atoms with Crippen LogP contribution in [-0.2, 0) is 18.9 Å². The molecule has 1 saturated carbocycles. The molecule has 1 aliphatic carbocycles. The summed E-state index contributed by atoms with van der Waals surface area (Å²) in [5.41, 5.74) is -0.381. The molecule has 2 saturated heterocycles. The van der Waals surface area contributed by atoms with Crippen LogP contribution in [0.15, 0.2) is 0 Å². The summed E-state index contributed by atoms with van der Waals surface area (Å²) in [4.78, 5) is 0. The molecule has 0 aromatic carbocycles. The first-order chi connectivity index (χ1) is 7.52. The molecule has 3 unspecified atom stereocenters. The highest BCUT2D eigenvalue weighted by molar-refractivity contribution is 5.18. The number of rotatable bonds is 2. The van der Waals surface area contributed by atoms with Gasteiger partial charge in [0.05, 0.1) is 0 Å². The Morgan fingerprint density at radius 2 is 2.06 bits per heavy atom. The van der Waals surface area contributed by atoms with Gasteiger partial charge >= 0.3 is 0 Å². The number of ether oxygens (including phenoxy) is 4. The van der Waals surface area contributed by atoms with E-state index in [1.54, 1.807) is 7.11 Å². The summed E-state index contributed by atoms with van der Waals surface area (Å²) in [5.74, 6) is -0.441. The molecule has 3 fully saturated rings. The SMILES string of the molecule is CO[C@@H]1O[C@]2(CC2CO)C2OC(C)(C)OC21. The van der Waals surface area contributed by atoms with Gasteiger partial charge in [0, 0.05) is 19.6 Å². The Balaban J connectivity index is 1.85. The lowest BCUT2D eigenvalue weighted by Gasteiger charge is -2.23. The molecule has 3 rings (SSSR count). The first-order valence-electron chi connectivity index (χ1n) is 5.69. The fraction of sp³-hybridized carbons (Fsp3) is 1.00. The molecule has 0 radical (unpaired) electrons. The molecule has 5 heteroatoms. The number of methoxy groups -OCH3 is 1. The third-order valence-corrected chi connectivity index (χ3v) is 3.76. The molecule has 2 heterocycles. The third-order valence-electron chi connectivity index (χ3n) is 3.76. The van der Waals surface area contributed by atoms with Crippen molar-refractivity contribution >= 4 is 0 Å². The Labute approximate surface area is 94.6 Å². The minimum Gasteiger partial charge on any atom is -0.396 e. The highest BCUT2D eigenvalue weighted by Crippen LogP contribution is 2.59. The lowest BCUT2D eigenvalue weighted by molar-refractivity contribution is -0.235. The zero-order valence-electron chi connectivity index (χ0n) is 9.80. The fourth-order valence-electron chi connectivity index (χ4n) is 2.94. The molecule has 0 aromatic rings. The minimum absolute atomic E-state index is 0.121. The van der Waals surface area contributed by atoms with Gasteiger partial charge < -0.3 is 24.1 Å². The molecule has 0 aromatic heterocycles. The molecule has 92 valence electrons. The molecule has 16 heavy (non-hydrogen) atoms. The Morgan fingerprint density at radius 1 is 1.31 bits per heavy atom. The zero-order chi connectivity index (χ0) is 11.6. The van der Waals surface area contributed by atoms with Gasteiger partial charge in [0.25, 0.3) is 0 Å². The smallest absolute Gasteiger partial charge is 0.186 e. The summed E-state index contributed by atoms with van der Waals surface area (Å²) in [6.45, 7) is 3.91. The van der Waals surface area contributed by atoms with E-state index in [4.69, 9.17) is 18.9 Å². The maximum atomic E-state index is 9.22. The van der Waals surface area contributed by atoms with Crippen LogP contribution in [0.25, 0.3) is 0 Å². The molecule has 0 amide bonds. The van der Waals surface area contributed by atoms with E-state index in [1.807, 2.05) is 13.8 Å². The normalized spacial score (nSPS) is 53.2. The first-order valence-corrected chi connectivity index (χ1v) is 5.69. The van der Waals surface area contributed by atoms with Gasteiger partial charge in [-0.1, -0.05) is 0 Å². The summed E-state index contributed by atoms with van der Waals surface area (Å²) in [6.07, 6.45) is 0.133. The van der Waals surface area contributed by atoms with Crippen molar-refractivity contribution in [2.45, 2.75) is 50.2 Å². The summed E-state index contributed by atoms with van der Waals surface area (Å²) >= 11 is 0. The highest BCUT2D eigenvalue weighted by atomic mass is 16.8. The molecule has 1 spiro atoms. The largest absolute Gasteiger partial charge is 0.396 e. The van der Waals surface area contributed by atoms with Crippen LogP contribution in [0, 0.1) is 5.92 Å². The number of hydrogen-bond donors (Lipinski definition) is 1. The van der Waals surface area contributed by atoms with E-state index in [0.29, 0.717) is 0 Å². The second kappa shape index (κ2) is 3.17. The molecule has 5 nitrogen and oxygen atoms in total. The van der Waals surface area contributed by atoms with Gasteiger partial charge in [-0.05, 0) is 20.3 Å². The van der Waals surface area contributed by atoms with Crippen LogP contribution in [0.1, 0.15) is 20.3 Å². The van der Waals surface area contributed by atoms with E-state index in [-0.39, 0.29) is 36.6 Å². The quantitative estimate of drug-likeness (QED) is 0.737. The van der Waals surface area contributed by atoms with Crippen molar-refractivity contribution < 1.29 is 24.1 Å². The van der Waals surface area contributed by atoms with Crippen molar-refractivity contribution in [2.24, 2.45) is 5.92 Å². The Hall–Kier alpha value is -0.200. The van der Waals surface area contributed by atoms with E-state index in [2.05, 4.69) is 0 Å². The predicted molar refractivity (Wildman–Crippen MR) is 53.6 cm³/mol. The number of fused-ring (bicyclic) bond motifs is 2. The van der Waals surface area contributed by atoms with Crippen LogP contribution in [-0.4, -0.2) is 48.7 Å². The van der Waals surface area contributed by atoms with E-state index in [0.717, 1.165) is 6.42 Å². The average molecular weight is 230 g/mol. The Morgan fingerprint density at radius 3 is 2.62 bits per heavy atom. The zero-order valence-corrected chi connectivity index (χ0v) is 9.80. The van der Waals surface area contributed by atoms with Crippen LogP contribution >= 0.6 is 0 Å². The summed E-state index contributed by atoms with van der Waals surface area (Å²) < 4.78 is 22.8. The third kappa shape index (κ3) is 1.29. The van der Waals surface area contributed by atoms with Crippen molar-refractivity contribution in [3.63, 3.8) is 0 Å². The Kier molecular flexibility index (Phi) is 2.17. The summed E-state index contributed by atoms with van der Waals surface area (Å²) in [7, 11) is 1.60. The molecule has 0 bridgehead atoms. The van der Waals surface area contributed by atoms with Crippen LogP contribution in [0.3, 0.4) is 0 Å². The molecule has 1 N–H and O–H groups in total. The molecule has 5 atom stereocenters. The van der Waals surface area contributed by atoms with Gasteiger partial charge in [0.2, 0.25) is 0 Å². The van der Waals surface area contributed by atoms with E-state index >= 15 is 0 Å². The topological polar surface area (TPSA) is 57.2 Å². The molecular formula is C11H18O5. The van der Waals surface area contributed by atoms with Crippen LogP contribution in [0.2, 0.25) is 0 Å². The van der Waals surface area contributed by atoms with Crippen LogP contribution < -0.4 is 0 Å². The highest BCUT2D eigenvalue weighted by Gasteiger charge is 2.73. The molecule has 3 aliphatic rings. The number of hydrogen-bond acceptors (Lipinski definition) is 5. The number of aliphatic hydroxyl groups is 1. The lowest BCUT2D eigenvalue weighted by Crippen LogP contribution is -2.33. The Bertz CT molecular complexity index is 305. The summed E-state index contributed by atoms with van der Waals surface area (Å²) in [5, 5.41) is 9.22. The monoisotopic (exact) mass is 230 g/mol. The van der Waals surface area contributed by atoms with E-state index in [1.165, 1.54) is 0 Å². The van der Waals surface area contributed by atoms with Crippen LogP contribution in [0.5, 0.6) is 0 Å². The van der Waals surface area contributed by atoms with Crippen molar-refractivity contribution in [1.29, 1.82) is 0 Å². The molecular weight excluding hydrogens is 212 g/mol. The van der Waals surface area contributed by atoms with E-state index < -0.39 is 5.79 Å².